The van der Waals surface area contributed by atoms with Crippen LogP contribution in [0.5, 0.6) is 0 Å². The Kier molecular flexibility index (Phi) is 4.97. The predicted molar refractivity (Wildman–Crippen MR) is 52.2 cm³/mol. The van der Waals surface area contributed by atoms with Crippen molar-refractivity contribution in [1.29, 1.82) is 0 Å². The average Bonchev–Trinajstić information content (AvgIpc) is 2.01. The van der Waals surface area contributed by atoms with Gasteiger partial charge < -0.3 is 0 Å². The van der Waals surface area contributed by atoms with Crippen molar-refractivity contribution >= 4 is 6.41 Å². The summed E-state index contributed by atoms with van der Waals surface area (Å²) in [5.74, 6) is 0. The molecule has 0 aliphatic rings. The number of carbonyl (C=O) groups excluding carboxylic acids is 1. The summed E-state index contributed by atoms with van der Waals surface area (Å²) in [6.07, 6.45) is 0.578. The number of hydrogen-bond acceptors (Lipinski definition) is 3. The van der Waals surface area contributed by atoms with Crippen molar-refractivity contribution in [3.63, 3.8) is 0 Å². The maximum absolute atomic E-state index is 10.6. The van der Waals surface area contributed by atoms with E-state index in [9.17, 15) is 4.79 Å². The third-order valence-electron chi connectivity index (χ3n) is 1.20. The Morgan fingerprint density at radius 1 is 1.64 bits per heavy atom. The lowest BCUT2D eigenvalue weighted by Crippen LogP contribution is -2.36. The fraction of sp³-hybridized carbons (Fsp3) is 0.875. The van der Waals surface area contributed by atoms with Gasteiger partial charge in [-0.15, -0.1) is 0 Å². The second kappa shape index (κ2) is 5.47. The molecule has 0 saturated heterocycles. The largest absolute Gasteiger partial charge is 0.276 e. The highest BCUT2D eigenvalue weighted by molar-refractivity contribution is 5.45. The Balaban J connectivity index is 4.16. The highest BCUT2D eigenvalue weighted by Gasteiger charge is 2.17. The number of carbonyl (C=O) groups is 1. The number of amides is 1. The van der Waals surface area contributed by atoms with Gasteiger partial charge in [-0.3, -0.25) is 9.63 Å². The molecule has 0 fully saturated rings. The first-order valence-corrected chi connectivity index (χ1v) is 4.34. The lowest BCUT2D eigenvalue weighted by Gasteiger charge is -2.27. The van der Waals surface area contributed by atoms with Gasteiger partial charge in [-0.05, 0) is 26.3 Å². The fourth-order valence-electron chi connectivity index (χ4n) is 0.839. The van der Waals surface area contributed by atoms with Crippen molar-refractivity contribution in [1.82, 2.24) is 5.06 Å². The predicted octanol–water partition coefficient (Wildman–Crippen LogP) is 1.87. The van der Waals surface area contributed by atoms with Crippen LogP contribution in [0.15, 0.2) is 5.11 Å². The molecule has 0 bridgehead atoms. The van der Waals surface area contributed by atoms with E-state index in [2.05, 4.69) is 10.0 Å². The van der Waals surface area contributed by atoms with Crippen LogP contribution in [0.2, 0.25) is 0 Å². The van der Waals surface area contributed by atoms with Gasteiger partial charge in [-0.1, -0.05) is 12.0 Å². The third kappa shape index (κ3) is 6.28. The van der Waals surface area contributed by atoms with E-state index in [1.807, 2.05) is 20.8 Å². The van der Waals surface area contributed by atoms with Crippen molar-refractivity contribution in [2.45, 2.75) is 39.3 Å². The third-order valence-corrected chi connectivity index (χ3v) is 1.20. The molecule has 0 aliphatic heterocycles. The molecule has 6 nitrogen and oxygen atoms in total. The molecule has 0 saturated carbocycles. The van der Waals surface area contributed by atoms with Crippen molar-refractivity contribution in [2.75, 3.05) is 6.54 Å². The summed E-state index contributed by atoms with van der Waals surface area (Å²) in [7, 11) is 0. The summed E-state index contributed by atoms with van der Waals surface area (Å²) < 4.78 is 0. The van der Waals surface area contributed by atoms with Gasteiger partial charge in [-0.25, -0.2) is 5.06 Å². The Bertz CT molecular complexity index is 230. The van der Waals surface area contributed by atoms with E-state index >= 15 is 0 Å². The van der Waals surface area contributed by atoms with Crippen molar-refractivity contribution in [2.24, 2.45) is 5.11 Å². The van der Waals surface area contributed by atoms with Crippen LogP contribution in [0.3, 0.4) is 0 Å². The van der Waals surface area contributed by atoms with E-state index in [4.69, 9.17) is 10.4 Å². The quantitative estimate of drug-likeness (QED) is 0.223. The molecule has 6 heteroatoms. The molecule has 1 amide bonds. The Labute approximate surface area is 83.4 Å². The van der Waals surface area contributed by atoms with Gasteiger partial charge in [0, 0.05) is 4.91 Å². The van der Waals surface area contributed by atoms with E-state index in [1.54, 1.807) is 6.92 Å². The Hall–Kier alpha value is -1.26. The van der Waals surface area contributed by atoms with Crippen LogP contribution in [0, 0.1) is 0 Å². The Morgan fingerprint density at radius 3 is 2.57 bits per heavy atom. The molecule has 0 aromatic rings. The minimum Gasteiger partial charge on any atom is -0.276 e. The van der Waals surface area contributed by atoms with Gasteiger partial charge in [0.05, 0.1) is 18.2 Å². The molecule has 1 atom stereocenters. The maximum Gasteiger partial charge on any atom is 0.233 e. The summed E-state index contributed by atoms with van der Waals surface area (Å²) in [5.41, 5.74) is 7.73. The molecule has 80 valence electrons. The maximum atomic E-state index is 10.6. The van der Waals surface area contributed by atoms with Crippen molar-refractivity contribution in [3.05, 3.63) is 10.4 Å². The van der Waals surface area contributed by atoms with Crippen LogP contribution in [0.1, 0.15) is 27.7 Å². The molecule has 0 aromatic heterocycles. The molecule has 1 unspecified atom stereocenters. The number of nitrogens with zero attached hydrogens (tertiary/aromatic N) is 4. The van der Waals surface area contributed by atoms with E-state index < -0.39 is 5.60 Å². The first-order valence-electron chi connectivity index (χ1n) is 4.34. The summed E-state index contributed by atoms with van der Waals surface area (Å²) >= 11 is 0. The highest BCUT2D eigenvalue weighted by atomic mass is 16.7. The van der Waals surface area contributed by atoms with Gasteiger partial charge in [0.25, 0.3) is 0 Å². The second-order valence-corrected chi connectivity index (χ2v) is 3.96. The van der Waals surface area contributed by atoms with Gasteiger partial charge in [-0.2, -0.15) is 0 Å². The fourth-order valence-corrected chi connectivity index (χ4v) is 0.839. The van der Waals surface area contributed by atoms with E-state index in [0.717, 1.165) is 5.06 Å². The summed E-state index contributed by atoms with van der Waals surface area (Å²) in [6.45, 7) is 7.47. The number of azide groups is 1. The number of hydroxylamine groups is 2. The molecule has 0 rings (SSSR count). The van der Waals surface area contributed by atoms with Gasteiger partial charge in [0.15, 0.2) is 0 Å². The van der Waals surface area contributed by atoms with E-state index in [1.165, 1.54) is 0 Å². The van der Waals surface area contributed by atoms with Crippen LogP contribution in [0.4, 0.5) is 0 Å². The monoisotopic (exact) mass is 200 g/mol. The zero-order valence-electron chi connectivity index (χ0n) is 8.97. The lowest BCUT2D eigenvalue weighted by atomic mass is 10.2. The molecular formula is C8H16N4O2. The number of hydrogen-bond donors (Lipinski definition) is 0. The first-order chi connectivity index (χ1) is 6.39. The molecule has 0 spiro atoms. The highest BCUT2D eigenvalue weighted by Crippen LogP contribution is 2.09. The van der Waals surface area contributed by atoms with Crippen LogP contribution in [-0.2, 0) is 9.63 Å². The Morgan fingerprint density at radius 2 is 2.21 bits per heavy atom. The first kappa shape index (κ1) is 12.7. The van der Waals surface area contributed by atoms with Crippen molar-refractivity contribution < 1.29 is 9.63 Å². The normalized spacial score (nSPS) is 12.9. The average molecular weight is 200 g/mol. The topological polar surface area (TPSA) is 78.3 Å². The summed E-state index contributed by atoms with van der Waals surface area (Å²) in [6, 6.07) is -0.299. The van der Waals surface area contributed by atoms with Crippen LogP contribution < -0.4 is 0 Å². The van der Waals surface area contributed by atoms with Gasteiger partial charge in [0.1, 0.15) is 0 Å². The zero-order chi connectivity index (χ0) is 11.2. The minimum atomic E-state index is -0.434. The molecule has 0 N–H and O–H groups in total. The lowest BCUT2D eigenvalue weighted by molar-refractivity contribution is -0.216. The summed E-state index contributed by atoms with van der Waals surface area (Å²) in [5, 5.41) is 4.58. The van der Waals surface area contributed by atoms with Crippen LogP contribution in [-0.4, -0.2) is 29.7 Å². The molecule has 0 aliphatic carbocycles. The zero-order valence-corrected chi connectivity index (χ0v) is 8.97. The molecule has 0 radical (unpaired) electrons. The van der Waals surface area contributed by atoms with Gasteiger partial charge >= 0.3 is 0 Å². The number of rotatable bonds is 5. The van der Waals surface area contributed by atoms with Crippen LogP contribution >= 0.6 is 0 Å². The standard InChI is InChI=1S/C8H16N4O2/c1-7(10-11-9)5-12(6-13)14-8(2,3)4/h6-7H,5H2,1-4H3. The molecule has 0 aromatic carbocycles. The second-order valence-electron chi connectivity index (χ2n) is 3.96. The van der Waals surface area contributed by atoms with Crippen LogP contribution in [0.25, 0.3) is 10.4 Å². The van der Waals surface area contributed by atoms with E-state index in [-0.39, 0.29) is 12.6 Å². The minimum absolute atomic E-state index is 0.255. The molecule has 0 heterocycles. The van der Waals surface area contributed by atoms with Crippen molar-refractivity contribution in [3.8, 4) is 0 Å². The SMILES string of the molecule is CC(CN(C=O)OC(C)(C)C)N=[N+]=[N-]. The van der Waals surface area contributed by atoms with E-state index in [0.29, 0.717) is 6.41 Å². The van der Waals surface area contributed by atoms with Gasteiger partial charge in [0.2, 0.25) is 6.41 Å². The molecular weight excluding hydrogens is 184 g/mol. The summed E-state index contributed by atoms with van der Waals surface area (Å²) in [4.78, 5) is 18.5. The molecule has 14 heavy (non-hydrogen) atoms. The smallest absolute Gasteiger partial charge is 0.233 e.